The molecule has 138 valence electrons. The Morgan fingerprint density at radius 1 is 1.04 bits per heavy atom. The molecular formula is C20H26N4O2. The number of nitrogens with zero attached hydrogens (tertiary/aromatic N) is 1. The second kappa shape index (κ2) is 10.8. The second-order valence-electron chi connectivity index (χ2n) is 5.57. The van der Waals surface area contributed by atoms with Crippen LogP contribution in [0.4, 0.5) is 0 Å². The van der Waals surface area contributed by atoms with E-state index < -0.39 is 0 Å². The maximum Gasteiger partial charge on any atom is 0.251 e. The molecule has 2 rings (SSSR count). The average Bonchev–Trinajstić information content (AvgIpc) is 2.68. The van der Waals surface area contributed by atoms with E-state index in [9.17, 15) is 4.79 Å². The van der Waals surface area contributed by atoms with Crippen molar-refractivity contribution in [2.24, 2.45) is 4.99 Å². The number of para-hydroxylation sites is 1. The lowest BCUT2D eigenvalue weighted by Crippen LogP contribution is -2.38. The number of nitrogens with one attached hydrogen (secondary N) is 3. The van der Waals surface area contributed by atoms with Gasteiger partial charge < -0.3 is 20.7 Å². The third kappa shape index (κ3) is 6.47. The molecule has 0 radical (unpaired) electrons. The first kappa shape index (κ1) is 19.3. The van der Waals surface area contributed by atoms with Crippen LogP contribution in [0.1, 0.15) is 22.8 Å². The minimum atomic E-state index is -0.0603. The molecule has 2 aromatic rings. The van der Waals surface area contributed by atoms with Crippen LogP contribution >= 0.6 is 0 Å². The lowest BCUT2D eigenvalue weighted by molar-refractivity contribution is 0.0955. The number of amides is 1. The molecule has 0 spiro atoms. The van der Waals surface area contributed by atoms with Crippen molar-refractivity contribution in [3.63, 3.8) is 0 Å². The molecule has 0 aromatic heterocycles. The Morgan fingerprint density at radius 3 is 2.58 bits per heavy atom. The van der Waals surface area contributed by atoms with Gasteiger partial charge in [0.1, 0.15) is 12.4 Å². The Balaban J connectivity index is 1.76. The smallest absolute Gasteiger partial charge is 0.251 e. The largest absolute Gasteiger partial charge is 0.492 e. The molecular weight excluding hydrogens is 328 g/mol. The standard InChI is InChI=1S/C20H26N4O2/c1-3-22-19(25)17-9-7-8-16(14-17)15-24-20(21-2)23-12-13-26-18-10-5-4-6-11-18/h4-11,14H,3,12-13,15H2,1-2H3,(H,22,25)(H2,21,23,24). The van der Waals surface area contributed by atoms with Gasteiger partial charge in [0.2, 0.25) is 0 Å². The number of carbonyl (C=O) groups is 1. The Kier molecular flexibility index (Phi) is 7.99. The number of hydrogen-bond donors (Lipinski definition) is 3. The molecule has 1 amide bonds. The van der Waals surface area contributed by atoms with Crippen LogP contribution in [0.3, 0.4) is 0 Å². The molecule has 0 atom stereocenters. The summed E-state index contributed by atoms with van der Waals surface area (Å²) in [5, 5.41) is 9.24. The summed E-state index contributed by atoms with van der Waals surface area (Å²) in [6.07, 6.45) is 0. The highest BCUT2D eigenvalue weighted by Crippen LogP contribution is 2.07. The molecule has 0 heterocycles. The number of hydrogen-bond acceptors (Lipinski definition) is 3. The molecule has 0 aliphatic rings. The molecule has 0 unspecified atom stereocenters. The molecule has 26 heavy (non-hydrogen) atoms. The van der Waals surface area contributed by atoms with Gasteiger partial charge in [-0.3, -0.25) is 9.79 Å². The van der Waals surface area contributed by atoms with E-state index in [2.05, 4.69) is 20.9 Å². The predicted molar refractivity (Wildman–Crippen MR) is 105 cm³/mol. The predicted octanol–water partition coefficient (Wildman–Crippen LogP) is 2.18. The lowest BCUT2D eigenvalue weighted by Gasteiger charge is -2.13. The number of ether oxygens (including phenoxy) is 1. The fraction of sp³-hybridized carbons (Fsp3) is 0.300. The van der Waals surface area contributed by atoms with Crippen LogP contribution in [-0.2, 0) is 6.54 Å². The Morgan fingerprint density at radius 2 is 1.85 bits per heavy atom. The normalized spacial score (nSPS) is 10.9. The van der Waals surface area contributed by atoms with E-state index in [4.69, 9.17) is 4.74 Å². The van der Waals surface area contributed by atoms with Crippen molar-refractivity contribution >= 4 is 11.9 Å². The van der Waals surface area contributed by atoms with E-state index in [1.807, 2.05) is 61.5 Å². The zero-order valence-electron chi connectivity index (χ0n) is 15.3. The van der Waals surface area contributed by atoms with Gasteiger partial charge in [-0.05, 0) is 36.8 Å². The van der Waals surface area contributed by atoms with Gasteiger partial charge in [0, 0.05) is 25.7 Å². The van der Waals surface area contributed by atoms with E-state index in [1.165, 1.54) is 0 Å². The fourth-order valence-corrected chi connectivity index (χ4v) is 2.35. The van der Waals surface area contributed by atoms with Crippen LogP contribution in [-0.4, -0.2) is 38.6 Å². The van der Waals surface area contributed by atoms with Gasteiger partial charge in [0.15, 0.2) is 5.96 Å². The first-order chi connectivity index (χ1) is 12.7. The van der Waals surface area contributed by atoms with Gasteiger partial charge >= 0.3 is 0 Å². The van der Waals surface area contributed by atoms with Crippen molar-refractivity contribution < 1.29 is 9.53 Å². The SMILES string of the molecule is CCNC(=O)c1cccc(CNC(=NC)NCCOc2ccccc2)c1. The zero-order chi connectivity index (χ0) is 18.6. The highest BCUT2D eigenvalue weighted by Gasteiger charge is 2.05. The molecule has 0 aliphatic carbocycles. The van der Waals surface area contributed by atoms with Crippen LogP contribution in [0, 0.1) is 0 Å². The van der Waals surface area contributed by atoms with Crippen molar-refractivity contribution in [1.29, 1.82) is 0 Å². The van der Waals surface area contributed by atoms with Gasteiger partial charge in [-0.25, -0.2) is 0 Å². The van der Waals surface area contributed by atoms with Crippen LogP contribution in [0.2, 0.25) is 0 Å². The van der Waals surface area contributed by atoms with E-state index >= 15 is 0 Å². The minimum Gasteiger partial charge on any atom is -0.492 e. The van der Waals surface area contributed by atoms with Gasteiger partial charge in [-0.1, -0.05) is 30.3 Å². The summed E-state index contributed by atoms with van der Waals surface area (Å²) in [7, 11) is 1.72. The van der Waals surface area contributed by atoms with E-state index in [0.717, 1.165) is 11.3 Å². The Hall–Kier alpha value is -3.02. The highest BCUT2D eigenvalue weighted by atomic mass is 16.5. The van der Waals surface area contributed by atoms with Gasteiger partial charge in [0.25, 0.3) is 5.91 Å². The highest BCUT2D eigenvalue weighted by molar-refractivity contribution is 5.94. The van der Waals surface area contributed by atoms with Crippen molar-refractivity contribution in [3.8, 4) is 5.75 Å². The van der Waals surface area contributed by atoms with E-state index in [-0.39, 0.29) is 5.91 Å². The Labute approximate surface area is 154 Å². The molecule has 0 saturated heterocycles. The van der Waals surface area contributed by atoms with Crippen LogP contribution < -0.4 is 20.7 Å². The van der Waals surface area contributed by atoms with Gasteiger partial charge in [0.05, 0.1) is 6.54 Å². The van der Waals surface area contributed by atoms with Crippen LogP contribution in [0.15, 0.2) is 59.6 Å². The lowest BCUT2D eigenvalue weighted by atomic mass is 10.1. The fourth-order valence-electron chi connectivity index (χ4n) is 2.35. The van der Waals surface area contributed by atoms with Crippen LogP contribution in [0.5, 0.6) is 5.75 Å². The quantitative estimate of drug-likeness (QED) is 0.386. The maximum absolute atomic E-state index is 11.9. The third-order valence-electron chi connectivity index (χ3n) is 3.62. The van der Waals surface area contributed by atoms with Crippen molar-refractivity contribution in [2.75, 3.05) is 26.7 Å². The first-order valence-electron chi connectivity index (χ1n) is 8.72. The van der Waals surface area contributed by atoms with E-state index in [0.29, 0.717) is 37.8 Å². The molecule has 6 nitrogen and oxygen atoms in total. The molecule has 3 N–H and O–H groups in total. The number of benzene rings is 2. The van der Waals surface area contributed by atoms with Gasteiger partial charge in [-0.15, -0.1) is 0 Å². The summed E-state index contributed by atoms with van der Waals surface area (Å²) in [6, 6.07) is 17.2. The second-order valence-corrected chi connectivity index (χ2v) is 5.57. The number of guanidine groups is 1. The van der Waals surface area contributed by atoms with Crippen LogP contribution in [0.25, 0.3) is 0 Å². The molecule has 0 bridgehead atoms. The number of carbonyl (C=O) groups excluding carboxylic acids is 1. The Bertz CT molecular complexity index is 717. The molecule has 0 fully saturated rings. The van der Waals surface area contributed by atoms with Gasteiger partial charge in [-0.2, -0.15) is 0 Å². The van der Waals surface area contributed by atoms with Crippen molar-refractivity contribution in [1.82, 2.24) is 16.0 Å². The third-order valence-corrected chi connectivity index (χ3v) is 3.62. The van der Waals surface area contributed by atoms with Crippen molar-refractivity contribution in [3.05, 3.63) is 65.7 Å². The zero-order valence-corrected chi connectivity index (χ0v) is 15.3. The topological polar surface area (TPSA) is 74.8 Å². The summed E-state index contributed by atoms with van der Waals surface area (Å²) in [5.41, 5.74) is 1.67. The molecule has 6 heteroatoms. The first-order valence-corrected chi connectivity index (χ1v) is 8.72. The number of aliphatic imine (C=N–C) groups is 1. The monoisotopic (exact) mass is 354 g/mol. The molecule has 2 aromatic carbocycles. The summed E-state index contributed by atoms with van der Waals surface area (Å²) in [6.45, 7) is 4.26. The number of rotatable bonds is 8. The average molecular weight is 354 g/mol. The molecule has 0 aliphatic heterocycles. The summed E-state index contributed by atoms with van der Waals surface area (Å²) < 4.78 is 5.64. The van der Waals surface area contributed by atoms with E-state index in [1.54, 1.807) is 7.05 Å². The molecule has 0 saturated carbocycles. The maximum atomic E-state index is 11.9. The minimum absolute atomic E-state index is 0.0603. The van der Waals surface area contributed by atoms with Crippen molar-refractivity contribution in [2.45, 2.75) is 13.5 Å². The summed E-state index contributed by atoms with van der Waals surface area (Å²) >= 11 is 0. The summed E-state index contributed by atoms with van der Waals surface area (Å²) in [4.78, 5) is 16.1. The summed E-state index contributed by atoms with van der Waals surface area (Å²) in [5.74, 6) is 1.47.